The number of aromatic hydroxyl groups is 1. The van der Waals surface area contributed by atoms with E-state index in [1.807, 2.05) is 30.3 Å². The minimum atomic E-state index is -0.734. The van der Waals surface area contributed by atoms with Crippen LogP contribution in [0.1, 0.15) is 35.4 Å². The van der Waals surface area contributed by atoms with Gasteiger partial charge >= 0.3 is 0 Å². The lowest BCUT2D eigenvalue weighted by atomic mass is 10.1. The molecule has 0 bridgehead atoms. The maximum absolute atomic E-state index is 13.1. The van der Waals surface area contributed by atoms with Crippen molar-refractivity contribution in [2.75, 3.05) is 5.32 Å². The Morgan fingerprint density at radius 3 is 2.54 bits per heavy atom. The van der Waals surface area contributed by atoms with Crippen molar-refractivity contribution in [1.82, 2.24) is 15.5 Å². The molecule has 0 radical (unpaired) electrons. The highest BCUT2D eigenvalue weighted by Gasteiger charge is 2.11. The van der Waals surface area contributed by atoms with Crippen molar-refractivity contribution in [3.05, 3.63) is 94.2 Å². The molecular weight excluding hydrogens is 495 g/mol. The molecule has 0 atom stereocenters. The third-order valence-corrected chi connectivity index (χ3v) is 6.10. The molecule has 3 aromatic rings. The predicted molar refractivity (Wildman–Crippen MR) is 139 cm³/mol. The van der Waals surface area contributed by atoms with E-state index in [4.69, 9.17) is 5.73 Å². The topological polar surface area (TPSA) is 158 Å². The summed E-state index contributed by atoms with van der Waals surface area (Å²) in [6.45, 7) is 0. The van der Waals surface area contributed by atoms with Gasteiger partial charge in [-0.25, -0.2) is 4.39 Å². The van der Waals surface area contributed by atoms with Gasteiger partial charge in [-0.15, -0.1) is 10.2 Å². The molecule has 0 saturated heterocycles. The molecule has 37 heavy (non-hydrogen) atoms. The lowest BCUT2D eigenvalue weighted by Crippen LogP contribution is -2.55. The first-order valence-corrected chi connectivity index (χ1v) is 12.5. The molecule has 0 aliphatic heterocycles. The second-order valence-corrected chi connectivity index (χ2v) is 9.42. The van der Waals surface area contributed by atoms with E-state index < -0.39 is 11.6 Å². The summed E-state index contributed by atoms with van der Waals surface area (Å²) in [5, 5.41) is 24.1. The van der Waals surface area contributed by atoms with Crippen LogP contribution < -0.4 is 22.1 Å². The number of phenols is 1. The Kier molecular flexibility index (Phi) is 10.3. The van der Waals surface area contributed by atoms with Crippen LogP contribution in [-0.2, 0) is 28.9 Å². The van der Waals surface area contributed by atoms with E-state index in [0.717, 1.165) is 29.5 Å². The highest BCUT2D eigenvalue weighted by molar-refractivity contribution is 7.15. The van der Waals surface area contributed by atoms with E-state index in [0.29, 0.717) is 35.1 Å². The standard InChI is InChI=1S/C26H29FN6O3S/c27-20-12-10-18(14-21(20)34)16-24(36)31-26-33-32-25(37-26)9-5-4-8-19(28)11-13-22(29)30-23(35)15-17-6-2-1-3-7-17/h1-3,6-7,10-14,34H,4-5,8-9,15-16,28-29H2,(H,30,35)(H,31,33,36)/p+1/b19-11-,22-13+. The van der Waals surface area contributed by atoms with Gasteiger partial charge in [0.25, 0.3) is 0 Å². The number of hydrogen-bond donors (Lipinski definition) is 5. The number of benzene rings is 2. The van der Waals surface area contributed by atoms with Crippen LogP contribution in [0.2, 0.25) is 0 Å². The van der Waals surface area contributed by atoms with E-state index in [-0.39, 0.29) is 24.7 Å². The molecule has 9 nitrogen and oxygen atoms in total. The second-order valence-electron chi connectivity index (χ2n) is 8.36. The van der Waals surface area contributed by atoms with Crippen LogP contribution in [0, 0.1) is 5.82 Å². The number of unbranched alkanes of at least 4 members (excludes halogenated alkanes) is 1. The zero-order valence-corrected chi connectivity index (χ0v) is 21.1. The first-order valence-electron chi connectivity index (χ1n) is 11.7. The lowest BCUT2D eigenvalue weighted by molar-refractivity contribution is -0.310. The molecule has 0 aliphatic rings. The van der Waals surface area contributed by atoms with E-state index in [1.165, 1.54) is 23.5 Å². The minimum absolute atomic E-state index is 0.0193. The number of aryl methyl sites for hydroxylation is 1. The van der Waals surface area contributed by atoms with Gasteiger partial charge in [0.2, 0.25) is 22.8 Å². The number of halogens is 1. The number of aromatic nitrogens is 2. The van der Waals surface area contributed by atoms with Crippen LogP contribution in [0.5, 0.6) is 5.75 Å². The first-order chi connectivity index (χ1) is 17.8. The van der Waals surface area contributed by atoms with Crippen LogP contribution >= 0.6 is 11.3 Å². The van der Waals surface area contributed by atoms with Crippen molar-refractivity contribution in [2.24, 2.45) is 5.73 Å². The van der Waals surface area contributed by atoms with Crippen LogP contribution in [0.15, 0.2) is 72.2 Å². The molecule has 2 aromatic carbocycles. The molecule has 2 amide bonds. The summed E-state index contributed by atoms with van der Waals surface area (Å²) in [6, 6.07) is 13.2. The van der Waals surface area contributed by atoms with Gasteiger partial charge in [-0.3, -0.25) is 14.9 Å². The van der Waals surface area contributed by atoms with Crippen molar-refractivity contribution in [3.8, 4) is 5.75 Å². The Labute approximate surface area is 218 Å². The summed E-state index contributed by atoms with van der Waals surface area (Å²) >= 11 is 1.29. The number of amides is 2. The zero-order chi connectivity index (χ0) is 26.6. The number of carbonyl (C=O) groups excluding carboxylic acids is 2. The molecule has 0 spiro atoms. The molecule has 0 fully saturated rings. The monoisotopic (exact) mass is 525 g/mol. The van der Waals surface area contributed by atoms with Gasteiger partial charge in [-0.1, -0.05) is 47.7 Å². The number of nitrogens with zero attached hydrogens (tertiary/aromatic N) is 2. The molecule has 0 saturated carbocycles. The molecule has 3 rings (SSSR count). The predicted octanol–water partition coefficient (Wildman–Crippen LogP) is 2.56. The fraction of sp³-hybridized carbons (Fsp3) is 0.231. The Hall–Kier alpha value is -4.09. The van der Waals surface area contributed by atoms with Crippen molar-refractivity contribution >= 4 is 28.3 Å². The highest BCUT2D eigenvalue weighted by atomic mass is 32.1. The average molecular weight is 526 g/mol. The largest absolute Gasteiger partial charge is 0.505 e. The summed E-state index contributed by atoms with van der Waals surface area (Å²) in [5.74, 6) is -1.22. The summed E-state index contributed by atoms with van der Waals surface area (Å²) in [4.78, 5) is 24.3. The first kappa shape index (κ1) is 27.5. The van der Waals surface area contributed by atoms with Gasteiger partial charge in [0.1, 0.15) is 5.01 Å². The lowest BCUT2D eigenvalue weighted by Gasteiger charge is -2.03. The summed E-state index contributed by atoms with van der Waals surface area (Å²) in [6.07, 6.45) is 6.72. The summed E-state index contributed by atoms with van der Waals surface area (Å²) in [5.41, 5.74) is 12.0. The number of hydrogen-bond acceptors (Lipinski definition) is 7. The molecule has 194 valence electrons. The van der Waals surface area contributed by atoms with Gasteiger partial charge < -0.3 is 21.9 Å². The summed E-state index contributed by atoms with van der Waals surface area (Å²) in [7, 11) is 0. The number of anilines is 1. The van der Waals surface area contributed by atoms with Gasteiger partial charge in [0, 0.05) is 18.2 Å². The van der Waals surface area contributed by atoms with Crippen LogP contribution in [-0.4, -0.2) is 27.1 Å². The van der Waals surface area contributed by atoms with Crippen LogP contribution in [0.4, 0.5) is 9.52 Å². The maximum Gasteiger partial charge on any atom is 0.232 e. The van der Waals surface area contributed by atoms with Crippen molar-refractivity contribution in [2.45, 2.75) is 38.5 Å². The van der Waals surface area contributed by atoms with Crippen molar-refractivity contribution < 1.29 is 24.8 Å². The normalized spacial score (nSPS) is 11.8. The van der Waals surface area contributed by atoms with Crippen LogP contribution in [0.25, 0.3) is 0 Å². The fourth-order valence-corrected chi connectivity index (χ4v) is 4.16. The molecule has 1 heterocycles. The second kappa shape index (κ2) is 13.9. The smallest absolute Gasteiger partial charge is 0.232 e. The highest BCUT2D eigenvalue weighted by Crippen LogP contribution is 2.20. The van der Waals surface area contributed by atoms with E-state index in [2.05, 4.69) is 26.6 Å². The van der Waals surface area contributed by atoms with E-state index in [9.17, 15) is 19.1 Å². The Morgan fingerprint density at radius 2 is 1.78 bits per heavy atom. The quantitative estimate of drug-likeness (QED) is 0.181. The molecule has 11 heteroatoms. The number of rotatable bonds is 12. The number of phenolic OH excluding ortho intramolecular Hbond substituents is 1. The maximum atomic E-state index is 13.1. The van der Waals surface area contributed by atoms with Crippen molar-refractivity contribution in [3.63, 3.8) is 0 Å². The van der Waals surface area contributed by atoms with Gasteiger partial charge in [-0.05, 0) is 48.6 Å². The minimum Gasteiger partial charge on any atom is -0.505 e. The Bertz CT molecular complexity index is 1280. The van der Waals surface area contributed by atoms with E-state index >= 15 is 0 Å². The fourth-order valence-electron chi connectivity index (χ4n) is 3.36. The molecule has 1 aromatic heterocycles. The summed E-state index contributed by atoms with van der Waals surface area (Å²) < 4.78 is 13.1. The number of allylic oxidation sites excluding steroid dienone is 3. The van der Waals surface area contributed by atoms with Gasteiger partial charge in [0.15, 0.2) is 11.6 Å². The average Bonchev–Trinajstić information content (AvgIpc) is 3.30. The zero-order valence-electron chi connectivity index (χ0n) is 20.2. The molecular formula is C26H30FN6O3S+. The number of quaternary nitrogens is 1. The number of nitrogens with two attached hydrogens (primary N) is 1. The number of nitrogens with one attached hydrogen (secondary N) is 2. The molecule has 8 N–H and O–H groups in total. The van der Waals surface area contributed by atoms with Crippen molar-refractivity contribution in [1.29, 1.82) is 0 Å². The number of carbonyl (C=O) groups is 2. The third kappa shape index (κ3) is 9.82. The SMILES string of the molecule is N/C(=C\C=C(/[NH3+])NC(=O)Cc1ccccc1)CCCCc1nnc(NC(=O)Cc2ccc(F)c(O)c2)s1. The van der Waals surface area contributed by atoms with Gasteiger partial charge in [-0.2, -0.15) is 0 Å². The van der Waals surface area contributed by atoms with Crippen LogP contribution in [0.3, 0.4) is 0 Å². The molecule has 0 aliphatic carbocycles. The van der Waals surface area contributed by atoms with Gasteiger partial charge in [0.05, 0.1) is 12.8 Å². The van der Waals surface area contributed by atoms with E-state index in [1.54, 1.807) is 12.2 Å². The molecule has 0 unspecified atom stereocenters. The Balaban J connectivity index is 1.35. The Morgan fingerprint density at radius 1 is 1.03 bits per heavy atom. The third-order valence-electron chi connectivity index (χ3n) is 5.20.